The van der Waals surface area contributed by atoms with Crippen molar-refractivity contribution in [3.8, 4) is 0 Å². The molecule has 0 spiro atoms. The fourth-order valence-electron chi connectivity index (χ4n) is 9.32. The Bertz CT molecular complexity index is 1030. The summed E-state index contributed by atoms with van der Waals surface area (Å²) in [5.74, 6) is 4.12. The summed E-state index contributed by atoms with van der Waals surface area (Å²) in [6, 6.07) is 0. The van der Waals surface area contributed by atoms with E-state index in [1.54, 1.807) is 13.3 Å². The first-order valence-electron chi connectivity index (χ1n) is 14.5. The second-order valence-electron chi connectivity index (χ2n) is 12.7. The number of Topliss-reactive ketones (excluding diaryl/α,β-unsaturated/α-hetero) is 1. The molecular weight excluding hydrogens is 460 g/mol. The van der Waals surface area contributed by atoms with Crippen molar-refractivity contribution in [2.24, 2.45) is 45.9 Å². The summed E-state index contributed by atoms with van der Waals surface area (Å²) in [5, 5.41) is 14.4. The SMILES string of the molecule is C=CN=C1C=CC(NCC(=O)[C@H]2CCC3C4CC[C@H]5C[C@@](O)(COC)CC[C@@H]5C4CC[C@@]32C)=C/C1=C/C. The predicted octanol–water partition coefficient (Wildman–Crippen LogP) is 5.78. The second kappa shape index (κ2) is 10.6. The minimum atomic E-state index is -0.625. The lowest BCUT2D eigenvalue weighted by Crippen LogP contribution is -2.52. The Morgan fingerprint density at radius 1 is 1.16 bits per heavy atom. The normalized spacial score (nSPS) is 43.1. The smallest absolute Gasteiger partial charge is 0.155 e. The number of hydrogen-bond donors (Lipinski definition) is 2. The van der Waals surface area contributed by atoms with Gasteiger partial charge in [0.2, 0.25) is 0 Å². The molecule has 5 aliphatic rings. The van der Waals surface area contributed by atoms with E-state index in [4.69, 9.17) is 4.74 Å². The van der Waals surface area contributed by atoms with Gasteiger partial charge in [-0.15, -0.1) is 0 Å². The molecule has 5 nitrogen and oxygen atoms in total. The molecule has 8 atom stereocenters. The van der Waals surface area contributed by atoms with Crippen LogP contribution in [0.4, 0.5) is 0 Å². The summed E-state index contributed by atoms with van der Waals surface area (Å²) in [5.41, 5.74) is 2.42. The molecule has 0 amide bonds. The zero-order chi connectivity index (χ0) is 26.2. The number of allylic oxidation sites excluding steroid dienone is 5. The van der Waals surface area contributed by atoms with Gasteiger partial charge in [0.05, 0.1) is 24.5 Å². The van der Waals surface area contributed by atoms with Gasteiger partial charge in [-0.2, -0.15) is 0 Å². The third kappa shape index (κ3) is 4.94. The maximum atomic E-state index is 13.6. The van der Waals surface area contributed by atoms with Gasteiger partial charge >= 0.3 is 0 Å². The first-order valence-corrected chi connectivity index (χ1v) is 14.5. The van der Waals surface area contributed by atoms with E-state index < -0.39 is 5.60 Å². The molecule has 5 aliphatic carbocycles. The molecule has 0 aromatic carbocycles. The average molecular weight is 507 g/mol. The second-order valence-corrected chi connectivity index (χ2v) is 12.7. The van der Waals surface area contributed by atoms with Crippen LogP contribution in [0.25, 0.3) is 0 Å². The van der Waals surface area contributed by atoms with Gasteiger partial charge in [0.25, 0.3) is 0 Å². The number of hydrogen-bond acceptors (Lipinski definition) is 5. The van der Waals surface area contributed by atoms with E-state index in [0.717, 1.165) is 60.4 Å². The highest BCUT2D eigenvalue weighted by molar-refractivity contribution is 6.12. The zero-order valence-corrected chi connectivity index (χ0v) is 23.0. The first kappa shape index (κ1) is 26.6. The lowest BCUT2D eigenvalue weighted by molar-refractivity contribution is -0.135. The first-order chi connectivity index (χ1) is 17.8. The van der Waals surface area contributed by atoms with Crippen LogP contribution in [0.3, 0.4) is 0 Å². The van der Waals surface area contributed by atoms with E-state index in [-0.39, 0.29) is 11.3 Å². The van der Waals surface area contributed by atoms with Crippen molar-refractivity contribution in [1.82, 2.24) is 5.32 Å². The predicted molar refractivity (Wildman–Crippen MR) is 149 cm³/mol. The third-order valence-electron chi connectivity index (χ3n) is 10.9. The molecule has 0 aliphatic heterocycles. The van der Waals surface area contributed by atoms with Crippen molar-refractivity contribution >= 4 is 11.5 Å². The number of nitrogens with zero attached hydrogens (tertiary/aromatic N) is 1. The van der Waals surface area contributed by atoms with Crippen LogP contribution in [0.2, 0.25) is 0 Å². The Morgan fingerprint density at radius 3 is 2.73 bits per heavy atom. The molecule has 0 radical (unpaired) electrons. The van der Waals surface area contributed by atoms with Crippen LogP contribution >= 0.6 is 0 Å². The van der Waals surface area contributed by atoms with Gasteiger partial charge in [-0.05, 0) is 124 Å². The van der Waals surface area contributed by atoms with Crippen molar-refractivity contribution in [3.63, 3.8) is 0 Å². The Labute approximate surface area is 223 Å². The van der Waals surface area contributed by atoms with Crippen molar-refractivity contribution in [1.29, 1.82) is 0 Å². The van der Waals surface area contributed by atoms with Crippen molar-refractivity contribution in [2.75, 3.05) is 20.3 Å². The highest BCUT2D eigenvalue weighted by Crippen LogP contribution is 2.64. The largest absolute Gasteiger partial charge is 0.387 e. The molecule has 4 saturated carbocycles. The zero-order valence-electron chi connectivity index (χ0n) is 23.0. The topological polar surface area (TPSA) is 70.9 Å². The molecule has 0 bridgehead atoms. The molecule has 4 fully saturated rings. The lowest BCUT2D eigenvalue weighted by Gasteiger charge is -2.57. The van der Waals surface area contributed by atoms with Crippen LogP contribution in [0.15, 0.2) is 53.3 Å². The number of aliphatic imine (C=N–C) groups is 1. The lowest BCUT2D eigenvalue weighted by atomic mass is 9.49. The standard InChI is InChI=1S/C32H46N2O3/c1-5-21-17-23(8-12-29(21)33-6-2)34-19-30(35)28-11-10-27-26-9-7-22-18-32(36,20-37-4)16-14-24(22)25(26)13-15-31(27,28)3/h5-6,8,12,17,22,24-28,34,36H,2,7,9-11,13-16,18-20H2,1,3-4H3/b21-5-,33-29?/t22-,24-,25?,26?,27?,28+,31-,32+/m0/s1. The van der Waals surface area contributed by atoms with E-state index in [0.29, 0.717) is 30.8 Å². The Hall–Kier alpha value is -1.98. The molecular formula is C32H46N2O3. The molecule has 0 saturated heterocycles. The molecule has 5 rings (SSSR count). The Balaban J connectivity index is 1.22. The highest BCUT2D eigenvalue weighted by atomic mass is 16.5. The van der Waals surface area contributed by atoms with Crippen LogP contribution < -0.4 is 5.32 Å². The fourth-order valence-corrected chi connectivity index (χ4v) is 9.32. The molecule has 0 aromatic rings. The van der Waals surface area contributed by atoms with Gasteiger partial charge in [-0.3, -0.25) is 9.79 Å². The molecule has 0 heterocycles. The summed E-state index contributed by atoms with van der Waals surface area (Å²) in [6.45, 7) is 9.00. The van der Waals surface area contributed by atoms with E-state index in [1.807, 2.05) is 25.2 Å². The van der Waals surface area contributed by atoms with Gasteiger partial charge < -0.3 is 15.2 Å². The monoisotopic (exact) mass is 506 g/mol. The number of carbonyl (C=O) groups is 1. The molecule has 3 unspecified atom stereocenters. The van der Waals surface area contributed by atoms with Gasteiger partial charge in [-0.25, -0.2) is 0 Å². The maximum Gasteiger partial charge on any atom is 0.155 e. The third-order valence-corrected chi connectivity index (χ3v) is 10.9. The summed E-state index contributed by atoms with van der Waals surface area (Å²) in [7, 11) is 1.70. The van der Waals surface area contributed by atoms with E-state index >= 15 is 0 Å². The van der Waals surface area contributed by atoms with E-state index in [1.165, 1.54) is 32.1 Å². The maximum absolute atomic E-state index is 13.6. The molecule has 0 aromatic heterocycles. The minimum Gasteiger partial charge on any atom is -0.387 e. The van der Waals surface area contributed by atoms with E-state index in [2.05, 4.69) is 29.9 Å². The van der Waals surface area contributed by atoms with E-state index in [9.17, 15) is 9.90 Å². The van der Waals surface area contributed by atoms with Crippen LogP contribution in [-0.2, 0) is 9.53 Å². The average Bonchev–Trinajstić information content (AvgIpc) is 3.25. The van der Waals surface area contributed by atoms with Crippen molar-refractivity contribution in [2.45, 2.75) is 77.2 Å². The number of nitrogens with one attached hydrogen (secondary N) is 1. The van der Waals surface area contributed by atoms with Crippen LogP contribution in [-0.4, -0.2) is 42.5 Å². The minimum absolute atomic E-state index is 0.132. The number of fused-ring (bicyclic) bond motifs is 5. The summed E-state index contributed by atoms with van der Waals surface area (Å²) >= 11 is 0. The quantitative estimate of drug-likeness (QED) is 0.459. The van der Waals surface area contributed by atoms with Crippen LogP contribution in [0, 0.1) is 40.9 Å². The van der Waals surface area contributed by atoms with Gasteiger partial charge in [0, 0.05) is 24.9 Å². The van der Waals surface area contributed by atoms with Crippen LogP contribution in [0.5, 0.6) is 0 Å². The van der Waals surface area contributed by atoms with Crippen LogP contribution in [0.1, 0.15) is 71.6 Å². The Kier molecular flexibility index (Phi) is 7.66. The molecule has 37 heavy (non-hydrogen) atoms. The van der Waals surface area contributed by atoms with Gasteiger partial charge in [0.1, 0.15) is 0 Å². The molecule has 2 N–H and O–H groups in total. The number of rotatable bonds is 7. The Morgan fingerprint density at radius 2 is 1.97 bits per heavy atom. The fraction of sp³-hybridized carbons (Fsp3) is 0.688. The molecule has 202 valence electrons. The highest BCUT2D eigenvalue weighted by Gasteiger charge is 2.58. The van der Waals surface area contributed by atoms with Gasteiger partial charge in [-0.1, -0.05) is 19.6 Å². The summed E-state index contributed by atoms with van der Waals surface area (Å²) in [4.78, 5) is 17.9. The summed E-state index contributed by atoms with van der Waals surface area (Å²) in [6.07, 6.45) is 19.7. The number of ketones is 1. The summed E-state index contributed by atoms with van der Waals surface area (Å²) < 4.78 is 5.35. The van der Waals surface area contributed by atoms with Crippen molar-refractivity contribution < 1.29 is 14.6 Å². The molecule has 5 heteroatoms. The number of ether oxygens (including phenoxy) is 1. The number of aliphatic hydroxyl groups is 1. The van der Waals surface area contributed by atoms with Gasteiger partial charge in [0.15, 0.2) is 5.78 Å². The number of methoxy groups -OCH3 is 1. The number of carbonyl (C=O) groups excluding carboxylic acids is 1. The van der Waals surface area contributed by atoms with Crippen molar-refractivity contribution in [3.05, 3.63) is 48.4 Å².